The Kier molecular flexibility index (Phi) is 7.54. The maximum Gasteiger partial charge on any atom is 0.141 e. The van der Waals surface area contributed by atoms with E-state index in [4.69, 9.17) is 16.3 Å². The van der Waals surface area contributed by atoms with Gasteiger partial charge in [0.25, 0.3) is 0 Å². The molecule has 3 N–H and O–H groups in total. The summed E-state index contributed by atoms with van der Waals surface area (Å²) in [5, 5.41) is 21.2. The molecular weight excluding hydrogens is 298 g/mol. The average Bonchev–Trinajstić information content (AvgIpc) is 2.57. The lowest BCUT2D eigenvalue weighted by molar-refractivity contribution is 0.718. The van der Waals surface area contributed by atoms with Gasteiger partial charge in [-0.1, -0.05) is 24.8 Å². The van der Waals surface area contributed by atoms with Crippen molar-refractivity contribution < 1.29 is 0 Å². The van der Waals surface area contributed by atoms with Crippen LogP contribution in [-0.4, -0.2) is 11.0 Å². The predicted molar refractivity (Wildman–Crippen MR) is 96.5 cm³/mol. The topological polar surface area (TPSA) is 98.5 Å². The van der Waals surface area contributed by atoms with Gasteiger partial charge in [-0.15, -0.1) is 0 Å². The van der Waals surface area contributed by atoms with E-state index in [1.807, 2.05) is 44.2 Å². The third kappa shape index (κ3) is 5.47. The first-order valence-electron chi connectivity index (χ1n) is 7.51. The summed E-state index contributed by atoms with van der Waals surface area (Å²) in [6, 6.07) is 5.80. The van der Waals surface area contributed by atoms with Crippen LogP contribution < -0.4 is 11.1 Å². The van der Waals surface area contributed by atoms with E-state index in [0.29, 0.717) is 17.7 Å². The van der Waals surface area contributed by atoms with Crippen LogP contribution in [0.1, 0.15) is 25.0 Å². The van der Waals surface area contributed by atoms with E-state index in [9.17, 15) is 0 Å². The molecule has 0 saturated carbocycles. The first kappa shape index (κ1) is 18.7. The second-order valence-electron chi connectivity index (χ2n) is 5.08. The zero-order valence-electron chi connectivity index (χ0n) is 14.0. The molecule has 0 aliphatic heterocycles. The predicted octanol–water partition coefficient (Wildman–Crippen LogP) is 3.15. The second kappa shape index (κ2) is 9.66. The molecule has 24 heavy (non-hydrogen) atoms. The molecular formula is C19H21N5. The molecule has 0 aliphatic rings. The van der Waals surface area contributed by atoms with Crippen molar-refractivity contribution in [2.75, 3.05) is 5.73 Å². The van der Waals surface area contributed by atoms with Crippen LogP contribution in [0.5, 0.6) is 0 Å². The summed E-state index contributed by atoms with van der Waals surface area (Å²) in [4.78, 5) is 4.00. The van der Waals surface area contributed by atoms with Crippen LogP contribution in [0, 0.1) is 22.7 Å². The molecule has 0 saturated heterocycles. The monoisotopic (exact) mass is 319 g/mol. The molecule has 1 atom stereocenters. The first-order valence-corrected chi connectivity index (χ1v) is 7.51. The van der Waals surface area contributed by atoms with Gasteiger partial charge in [-0.25, -0.2) is 4.98 Å². The number of hydrogen-bond donors (Lipinski definition) is 2. The highest BCUT2D eigenvalue weighted by molar-refractivity contribution is 5.49. The molecule has 1 unspecified atom stereocenters. The quantitative estimate of drug-likeness (QED) is 0.594. The Balaban J connectivity index is 2.81. The van der Waals surface area contributed by atoms with Gasteiger partial charge in [0.05, 0.1) is 11.6 Å². The lowest BCUT2D eigenvalue weighted by atomic mass is 10.1. The number of rotatable bonds is 7. The molecule has 0 radical (unpaired) electrons. The Morgan fingerprint density at radius 3 is 2.83 bits per heavy atom. The van der Waals surface area contributed by atoms with Crippen molar-refractivity contribution >= 4 is 5.82 Å². The summed E-state index contributed by atoms with van der Waals surface area (Å²) in [6.07, 6.45) is 11.2. The normalized spacial score (nSPS) is 13.2. The smallest absolute Gasteiger partial charge is 0.141 e. The highest BCUT2D eigenvalue weighted by Crippen LogP contribution is 2.11. The van der Waals surface area contributed by atoms with Gasteiger partial charge in [0.1, 0.15) is 11.9 Å². The summed E-state index contributed by atoms with van der Waals surface area (Å²) in [6.45, 7) is 7.72. The second-order valence-corrected chi connectivity index (χ2v) is 5.08. The molecule has 1 aromatic heterocycles. The molecule has 0 fully saturated rings. The first-order chi connectivity index (χ1) is 11.5. The lowest BCUT2D eigenvalue weighted by Gasteiger charge is -2.16. The van der Waals surface area contributed by atoms with E-state index < -0.39 is 0 Å². The maximum atomic E-state index is 8.97. The van der Waals surface area contributed by atoms with E-state index in [0.717, 1.165) is 11.1 Å². The Morgan fingerprint density at radius 2 is 2.25 bits per heavy atom. The highest BCUT2D eigenvalue weighted by atomic mass is 14.9. The summed E-state index contributed by atoms with van der Waals surface area (Å²) < 4.78 is 0. The minimum absolute atomic E-state index is 0.0418. The minimum Gasteiger partial charge on any atom is -0.383 e. The molecule has 0 amide bonds. The van der Waals surface area contributed by atoms with Gasteiger partial charge < -0.3 is 11.1 Å². The van der Waals surface area contributed by atoms with Crippen LogP contribution in [-0.2, 0) is 6.42 Å². The summed E-state index contributed by atoms with van der Waals surface area (Å²) >= 11 is 0. The largest absolute Gasteiger partial charge is 0.383 e. The Hall–Kier alpha value is -3.31. The minimum atomic E-state index is 0.0418. The number of hydrogen-bond acceptors (Lipinski definition) is 5. The van der Waals surface area contributed by atoms with Crippen molar-refractivity contribution in [3.05, 3.63) is 71.6 Å². The number of pyridine rings is 1. The molecule has 1 heterocycles. The van der Waals surface area contributed by atoms with Crippen molar-refractivity contribution in [2.45, 2.75) is 26.3 Å². The van der Waals surface area contributed by atoms with Gasteiger partial charge in [0.2, 0.25) is 0 Å². The van der Waals surface area contributed by atoms with Gasteiger partial charge in [0.15, 0.2) is 0 Å². The Morgan fingerprint density at radius 1 is 1.50 bits per heavy atom. The van der Waals surface area contributed by atoms with E-state index >= 15 is 0 Å². The third-order valence-corrected chi connectivity index (χ3v) is 3.42. The fourth-order valence-corrected chi connectivity index (χ4v) is 2.13. The molecule has 1 rings (SSSR count). The van der Waals surface area contributed by atoms with Crippen molar-refractivity contribution in [3.63, 3.8) is 0 Å². The molecule has 5 heteroatoms. The SMILES string of the molecule is C=C/C(=C\C)C(C)NC(=C\C#N)/C=C/Cc1cnc(N)c(C#N)c1. The van der Waals surface area contributed by atoms with Crippen LogP contribution in [0.15, 0.2) is 60.5 Å². The highest BCUT2D eigenvalue weighted by Gasteiger charge is 2.05. The number of nitrogen functional groups attached to an aromatic ring is 1. The fraction of sp³-hybridized carbons (Fsp3) is 0.211. The molecule has 5 nitrogen and oxygen atoms in total. The number of nitriles is 2. The van der Waals surface area contributed by atoms with Crippen molar-refractivity contribution in [1.29, 1.82) is 10.5 Å². The van der Waals surface area contributed by atoms with Gasteiger partial charge in [0, 0.05) is 24.0 Å². The van der Waals surface area contributed by atoms with Crippen LogP contribution in [0.3, 0.4) is 0 Å². The lowest BCUT2D eigenvalue weighted by Crippen LogP contribution is -2.26. The summed E-state index contributed by atoms with van der Waals surface area (Å²) in [7, 11) is 0. The van der Waals surface area contributed by atoms with Crippen LogP contribution in [0.4, 0.5) is 5.82 Å². The number of aromatic nitrogens is 1. The van der Waals surface area contributed by atoms with Crippen LogP contribution in [0.25, 0.3) is 0 Å². The van der Waals surface area contributed by atoms with E-state index in [1.165, 1.54) is 6.08 Å². The van der Waals surface area contributed by atoms with E-state index in [1.54, 1.807) is 18.3 Å². The standard InChI is InChI=1S/C19H21N5/c1-4-16(5-2)14(3)24-18(9-10-20)8-6-7-15-11-17(12-21)19(22)23-13-15/h4-6,8-9,11,13-14,24H,1,7H2,2-3H3,(H2,22,23)/b8-6+,16-5+,18-9-. The molecule has 0 aromatic carbocycles. The van der Waals surface area contributed by atoms with Gasteiger partial charge in [-0.05, 0) is 43.5 Å². The fourth-order valence-electron chi connectivity index (χ4n) is 2.13. The number of nitrogens with two attached hydrogens (primary N) is 1. The van der Waals surface area contributed by atoms with Crippen LogP contribution >= 0.6 is 0 Å². The number of nitrogens with one attached hydrogen (secondary N) is 1. The maximum absolute atomic E-state index is 8.97. The Bertz CT molecular complexity index is 757. The average molecular weight is 319 g/mol. The van der Waals surface area contributed by atoms with E-state index in [-0.39, 0.29) is 11.9 Å². The molecule has 1 aromatic rings. The molecule has 0 bridgehead atoms. The van der Waals surface area contributed by atoms with Gasteiger partial charge >= 0.3 is 0 Å². The van der Waals surface area contributed by atoms with Gasteiger partial charge in [-0.3, -0.25) is 0 Å². The molecule has 0 spiro atoms. The number of allylic oxidation sites excluding steroid dienone is 4. The summed E-state index contributed by atoms with van der Waals surface area (Å²) in [5.41, 5.74) is 8.60. The van der Waals surface area contributed by atoms with Crippen LogP contribution in [0.2, 0.25) is 0 Å². The van der Waals surface area contributed by atoms with Crippen molar-refractivity contribution in [3.8, 4) is 12.1 Å². The zero-order valence-corrected chi connectivity index (χ0v) is 14.0. The van der Waals surface area contributed by atoms with E-state index in [2.05, 4.69) is 16.9 Å². The van der Waals surface area contributed by atoms with Crippen molar-refractivity contribution in [2.24, 2.45) is 0 Å². The number of anilines is 1. The summed E-state index contributed by atoms with van der Waals surface area (Å²) in [5.74, 6) is 0.231. The van der Waals surface area contributed by atoms with Gasteiger partial charge in [-0.2, -0.15) is 10.5 Å². The Labute approximate surface area is 143 Å². The molecule has 0 aliphatic carbocycles. The molecule has 122 valence electrons. The zero-order chi connectivity index (χ0) is 17.9. The van der Waals surface area contributed by atoms with Crippen molar-refractivity contribution in [1.82, 2.24) is 10.3 Å². The number of nitrogens with zero attached hydrogens (tertiary/aromatic N) is 3. The third-order valence-electron chi connectivity index (χ3n) is 3.42.